The van der Waals surface area contributed by atoms with Gasteiger partial charge < -0.3 is 18.9 Å². The van der Waals surface area contributed by atoms with Crippen molar-refractivity contribution < 1.29 is 18.9 Å². The number of hydrogen-bond donors (Lipinski definition) is 0. The molecule has 114 valence electrons. The van der Waals surface area contributed by atoms with Crippen LogP contribution in [-0.4, -0.2) is 53.9 Å². The molecule has 0 radical (unpaired) electrons. The van der Waals surface area contributed by atoms with Gasteiger partial charge in [-0.25, -0.2) is 0 Å². The van der Waals surface area contributed by atoms with Crippen LogP contribution < -0.4 is 0 Å². The second-order valence-electron chi connectivity index (χ2n) is 4.09. The lowest BCUT2D eigenvalue weighted by atomic mass is 10.2. The van der Waals surface area contributed by atoms with Crippen molar-refractivity contribution in [2.75, 3.05) is 53.9 Å². The van der Waals surface area contributed by atoms with Crippen LogP contribution >= 0.6 is 0 Å². The molecular formula is C16H26O4. The smallest absolute Gasteiger partial charge is 0.107 e. The van der Waals surface area contributed by atoms with Crippen molar-refractivity contribution >= 4 is 0 Å². The monoisotopic (exact) mass is 282 g/mol. The van der Waals surface area contributed by atoms with Gasteiger partial charge in [0.25, 0.3) is 0 Å². The van der Waals surface area contributed by atoms with Gasteiger partial charge in [0.05, 0.1) is 0 Å². The third-order valence-corrected chi connectivity index (χ3v) is 2.36. The van der Waals surface area contributed by atoms with Gasteiger partial charge in [0.1, 0.15) is 26.4 Å². The summed E-state index contributed by atoms with van der Waals surface area (Å²) in [5.74, 6) is 11.5. The summed E-state index contributed by atoms with van der Waals surface area (Å²) in [6.07, 6.45) is 4.45. The molecule has 0 heterocycles. The Bertz CT molecular complexity index is 274. The van der Waals surface area contributed by atoms with Crippen molar-refractivity contribution in [3.05, 3.63) is 0 Å². The fourth-order valence-corrected chi connectivity index (χ4v) is 1.36. The van der Waals surface area contributed by atoms with Crippen LogP contribution in [-0.2, 0) is 18.9 Å². The molecule has 0 saturated heterocycles. The summed E-state index contributed by atoms with van der Waals surface area (Å²) in [7, 11) is 3.26. The molecule has 0 spiro atoms. The molecule has 0 atom stereocenters. The number of methoxy groups -OCH3 is 2. The van der Waals surface area contributed by atoms with Crippen LogP contribution in [0.5, 0.6) is 0 Å². The first-order valence-corrected chi connectivity index (χ1v) is 6.96. The lowest BCUT2D eigenvalue weighted by Crippen LogP contribution is -1.97. The maximum atomic E-state index is 5.37. The zero-order valence-electron chi connectivity index (χ0n) is 12.7. The lowest BCUT2D eigenvalue weighted by Gasteiger charge is -2.02. The van der Waals surface area contributed by atoms with Crippen molar-refractivity contribution in [1.29, 1.82) is 0 Å². The maximum absolute atomic E-state index is 5.37. The van der Waals surface area contributed by atoms with E-state index in [2.05, 4.69) is 23.7 Å². The Balaban J connectivity index is 3.07. The summed E-state index contributed by atoms with van der Waals surface area (Å²) < 4.78 is 20.4. The van der Waals surface area contributed by atoms with Gasteiger partial charge in [-0.2, -0.15) is 0 Å². The first kappa shape index (κ1) is 19.0. The Morgan fingerprint density at radius 2 is 0.950 bits per heavy atom. The van der Waals surface area contributed by atoms with Crippen molar-refractivity contribution in [2.24, 2.45) is 0 Å². The predicted octanol–water partition coefficient (Wildman–Crippen LogP) is 1.88. The van der Waals surface area contributed by atoms with Gasteiger partial charge in [-0.05, 0) is 12.8 Å². The van der Waals surface area contributed by atoms with E-state index in [-0.39, 0.29) is 0 Å². The maximum Gasteiger partial charge on any atom is 0.107 e. The summed E-state index contributed by atoms with van der Waals surface area (Å²) in [6, 6.07) is 0. The van der Waals surface area contributed by atoms with Gasteiger partial charge in [0, 0.05) is 27.4 Å². The van der Waals surface area contributed by atoms with Crippen molar-refractivity contribution in [1.82, 2.24) is 0 Å². The summed E-state index contributed by atoms with van der Waals surface area (Å²) in [5.41, 5.74) is 0. The second-order valence-corrected chi connectivity index (χ2v) is 4.09. The van der Waals surface area contributed by atoms with Gasteiger partial charge in [-0.3, -0.25) is 0 Å². The van der Waals surface area contributed by atoms with Crippen LogP contribution in [0.2, 0.25) is 0 Å². The van der Waals surface area contributed by atoms with Gasteiger partial charge >= 0.3 is 0 Å². The van der Waals surface area contributed by atoms with E-state index in [1.807, 2.05) is 0 Å². The molecular weight excluding hydrogens is 256 g/mol. The highest BCUT2D eigenvalue weighted by atomic mass is 16.5. The molecule has 0 saturated carbocycles. The van der Waals surface area contributed by atoms with Gasteiger partial charge in [0.2, 0.25) is 0 Å². The third-order valence-electron chi connectivity index (χ3n) is 2.36. The highest BCUT2D eigenvalue weighted by molar-refractivity contribution is 4.99. The number of hydrogen-bond acceptors (Lipinski definition) is 4. The Kier molecular flexibility index (Phi) is 17.0. The average Bonchev–Trinajstić information content (AvgIpc) is 2.47. The van der Waals surface area contributed by atoms with Gasteiger partial charge in [-0.1, -0.05) is 36.5 Å². The Labute approximate surface area is 123 Å². The minimum atomic E-state index is 0.471. The normalized spacial score (nSPS) is 9.50. The molecule has 0 aromatic rings. The van der Waals surface area contributed by atoms with E-state index < -0.39 is 0 Å². The minimum Gasteiger partial charge on any atom is -0.372 e. The summed E-state index contributed by atoms with van der Waals surface area (Å²) in [6.45, 7) is 3.47. The zero-order valence-corrected chi connectivity index (χ0v) is 12.7. The fraction of sp³-hybridized carbons (Fsp3) is 0.750. The summed E-state index contributed by atoms with van der Waals surface area (Å²) in [4.78, 5) is 0. The molecule has 0 amide bonds. The molecule has 0 bridgehead atoms. The Hall–Kier alpha value is -1.04. The van der Waals surface area contributed by atoms with Crippen LogP contribution in [0.15, 0.2) is 0 Å². The molecule has 0 aromatic carbocycles. The van der Waals surface area contributed by atoms with Crippen LogP contribution in [0.1, 0.15) is 25.7 Å². The molecule has 4 heteroatoms. The van der Waals surface area contributed by atoms with Gasteiger partial charge in [0.15, 0.2) is 0 Å². The van der Waals surface area contributed by atoms with E-state index in [4.69, 9.17) is 18.9 Å². The van der Waals surface area contributed by atoms with Crippen molar-refractivity contribution in [2.45, 2.75) is 25.7 Å². The van der Waals surface area contributed by atoms with Crippen LogP contribution in [0.4, 0.5) is 0 Å². The van der Waals surface area contributed by atoms with E-state index >= 15 is 0 Å². The largest absolute Gasteiger partial charge is 0.372 e. The second kappa shape index (κ2) is 18.0. The molecule has 0 fully saturated rings. The average molecular weight is 282 g/mol. The third kappa shape index (κ3) is 17.0. The number of ether oxygens (including phenoxy) is 4. The molecule has 0 aliphatic carbocycles. The molecule has 4 nitrogen and oxygen atoms in total. The molecule has 0 aliphatic rings. The summed E-state index contributed by atoms with van der Waals surface area (Å²) >= 11 is 0. The molecule has 0 N–H and O–H groups in total. The van der Waals surface area contributed by atoms with E-state index in [1.165, 1.54) is 0 Å². The van der Waals surface area contributed by atoms with Crippen molar-refractivity contribution in [3.8, 4) is 23.7 Å². The quantitative estimate of drug-likeness (QED) is 0.428. The number of rotatable bonds is 11. The van der Waals surface area contributed by atoms with E-state index in [9.17, 15) is 0 Å². The Morgan fingerprint density at radius 3 is 1.35 bits per heavy atom. The van der Waals surface area contributed by atoms with E-state index in [0.29, 0.717) is 26.4 Å². The fourth-order valence-electron chi connectivity index (χ4n) is 1.36. The van der Waals surface area contributed by atoms with Crippen LogP contribution in [0, 0.1) is 23.7 Å². The zero-order chi connectivity index (χ0) is 14.7. The summed E-state index contributed by atoms with van der Waals surface area (Å²) in [5, 5.41) is 0. The molecule has 0 aromatic heterocycles. The molecule has 0 aliphatic heterocycles. The Morgan fingerprint density at radius 1 is 0.550 bits per heavy atom. The first-order chi connectivity index (χ1) is 9.91. The van der Waals surface area contributed by atoms with Crippen LogP contribution in [0.3, 0.4) is 0 Å². The topological polar surface area (TPSA) is 36.9 Å². The minimum absolute atomic E-state index is 0.471. The highest BCUT2D eigenvalue weighted by Gasteiger charge is 1.91. The predicted molar refractivity (Wildman–Crippen MR) is 79.4 cm³/mol. The van der Waals surface area contributed by atoms with E-state index in [0.717, 1.165) is 38.9 Å². The van der Waals surface area contributed by atoms with Crippen molar-refractivity contribution in [3.63, 3.8) is 0 Å². The molecule has 20 heavy (non-hydrogen) atoms. The van der Waals surface area contributed by atoms with Crippen LogP contribution in [0.25, 0.3) is 0 Å². The standard InChI is InChI=1S/C16H26O4/c1-17-11-7-9-15-19-13-5-3-4-6-14-20-16-10-8-12-18-2/h3-6,11-16H2,1-2H3. The highest BCUT2D eigenvalue weighted by Crippen LogP contribution is 2.00. The number of unbranched alkanes of at least 4 members (excludes halogenated alkanes) is 3. The lowest BCUT2D eigenvalue weighted by molar-refractivity contribution is 0.151. The molecule has 0 rings (SSSR count). The SMILES string of the molecule is COCC#CCOCCCCCCOCC#CCOC. The van der Waals surface area contributed by atoms with E-state index in [1.54, 1.807) is 14.2 Å². The van der Waals surface area contributed by atoms with Gasteiger partial charge in [-0.15, -0.1) is 0 Å². The molecule has 0 unspecified atom stereocenters. The first-order valence-electron chi connectivity index (χ1n) is 6.96.